The Morgan fingerprint density at radius 3 is 2.33 bits per heavy atom. The zero-order chi connectivity index (χ0) is 10.8. The fourth-order valence-electron chi connectivity index (χ4n) is 1.62. The molecule has 15 heavy (non-hydrogen) atoms. The molecule has 1 heterocycles. The number of hydrogen-bond acceptors (Lipinski definition) is 2. The van der Waals surface area contributed by atoms with Crippen LogP contribution in [0.5, 0.6) is 0 Å². The van der Waals surface area contributed by atoms with Gasteiger partial charge in [-0.25, -0.2) is 9.97 Å². The van der Waals surface area contributed by atoms with Crippen LogP contribution in [0.25, 0.3) is 11.4 Å². The highest BCUT2D eigenvalue weighted by atomic mass is 35.5. The first-order valence-corrected chi connectivity index (χ1v) is 5.11. The number of benzene rings is 1. The highest BCUT2D eigenvalue weighted by Gasteiger charge is 2.07. The number of hydrogen-bond donors (Lipinski definition) is 0. The quantitative estimate of drug-likeness (QED) is 0.686. The van der Waals surface area contributed by atoms with Crippen LogP contribution in [0, 0.1) is 13.8 Å². The maximum atomic E-state index is 5.85. The number of halogens is 1. The van der Waals surface area contributed by atoms with Gasteiger partial charge >= 0.3 is 0 Å². The van der Waals surface area contributed by atoms with Gasteiger partial charge < -0.3 is 0 Å². The Kier molecular flexibility index (Phi) is 2.69. The standard InChI is InChI=1S/C12H11ClN2/c1-8-4-3-5-9(2)11(8)12-14-7-6-10(13)15-12/h3-7H,1-2H3. The van der Waals surface area contributed by atoms with E-state index in [9.17, 15) is 0 Å². The summed E-state index contributed by atoms with van der Waals surface area (Å²) in [4.78, 5) is 8.46. The van der Waals surface area contributed by atoms with E-state index < -0.39 is 0 Å². The Labute approximate surface area is 94.0 Å². The van der Waals surface area contributed by atoms with E-state index in [1.807, 2.05) is 32.0 Å². The summed E-state index contributed by atoms with van der Waals surface area (Å²) in [5, 5.41) is 0.475. The van der Waals surface area contributed by atoms with Crippen LogP contribution in [0.1, 0.15) is 11.1 Å². The molecule has 2 rings (SSSR count). The Bertz CT molecular complexity index is 474. The van der Waals surface area contributed by atoms with Crippen molar-refractivity contribution in [2.75, 3.05) is 0 Å². The molecule has 2 aromatic rings. The van der Waals surface area contributed by atoms with Crippen molar-refractivity contribution in [1.82, 2.24) is 9.97 Å². The summed E-state index contributed by atoms with van der Waals surface area (Å²) in [6.45, 7) is 4.10. The van der Waals surface area contributed by atoms with Crippen LogP contribution >= 0.6 is 11.6 Å². The minimum Gasteiger partial charge on any atom is -0.236 e. The molecular weight excluding hydrogens is 208 g/mol. The van der Waals surface area contributed by atoms with Gasteiger partial charge in [-0.3, -0.25) is 0 Å². The lowest BCUT2D eigenvalue weighted by atomic mass is 10.0. The number of nitrogens with zero attached hydrogens (tertiary/aromatic N) is 2. The van der Waals surface area contributed by atoms with E-state index in [-0.39, 0.29) is 0 Å². The first-order valence-electron chi connectivity index (χ1n) is 4.73. The van der Waals surface area contributed by atoms with Gasteiger partial charge in [0.2, 0.25) is 0 Å². The van der Waals surface area contributed by atoms with E-state index in [0.717, 1.165) is 16.7 Å². The third kappa shape index (κ3) is 2.00. The molecule has 0 atom stereocenters. The van der Waals surface area contributed by atoms with E-state index in [0.29, 0.717) is 11.0 Å². The molecule has 0 amide bonds. The van der Waals surface area contributed by atoms with Crippen LogP contribution in [0.15, 0.2) is 30.5 Å². The van der Waals surface area contributed by atoms with Crippen LogP contribution in [-0.2, 0) is 0 Å². The van der Waals surface area contributed by atoms with Crippen molar-refractivity contribution in [3.63, 3.8) is 0 Å². The fraction of sp³-hybridized carbons (Fsp3) is 0.167. The van der Waals surface area contributed by atoms with Crippen LogP contribution in [0.4, 0.5) is 0 Å². The molecule has 0 fully saturated rings. The van der Waals surface area contributed by atoms with Crippen molar-refractivity contribution in [3.8, 4) is 11.4 Å². The number of aryl methyl sites for hydroxylation is 2. The molecule has 0 unspecified atom stereocenters. The second-order valence-electron chi connectivity index (χ2n) is 3.47. The van der Waals surface area contributed by atoms with E-state index in [4.69, 9.17) is 11.6 Å². The second-order valence-corrected chi connectivity index (χ2v) is 3.86. The lowest BCUT2D eigenvalue weighted by Crippen LogP contribution is -1.93. The van der Waals surface area contributed by atoms with Crippen LogP contribution in [0.3, 0.4) is 0 Å². The average molecular weight is 219 g/mol. The summed E-state index contributed by atoms with van der Waals surface area (Å²) in [7, 11) is 0. The Morgan fingerprint density at radius 2 is 1.73 bits per heavy atom. The van der Waals surface area contributed by atoms with E-state index in [1.165, 1.54) is 0 Å². The molecule has 0 bridgehead atoms. The van der Waals surface area contributed by atoms with E-state index >= 15 is 0 Å². The molecule has 1 aromatic heterocycles. The first kappa shape index (κ1) is 10.1. The second kappa shape index (κ2) is 3.99. The van der Waals surface area contributed by atoms with Gasteiger partial charge in [0.25, 0.3) is 0 Å². The highest BCUT2D eigenvalue weighted by Crippen LogP contribution is 2.24. The maximum absolute atomic E-state index is 5.85. The van der Waals surface area contributed by atoms with Crippen molar-refractivity contribution in [1.29, 1.82) is 0 Å². The molecule has 2 nitrogen and oxygen atoms in total. The smallest absolute Gasteiger partial charge is 0.161 e. The van der Waals surface area contributed by atoms with Gasteiger partial charge in [-0.15, -0.1) is 0 Å². The molecule has 0 saturated carbocycles. The zero-order valence-electron chi connectivity index (χ0n) is 8.66. The third-order valence-corrected chi connectivity index (χ3v) is 2.54. The van der Waals surface area contributed by atoms with Gasteiger partial charge in [-0.2, -0.15) is 0 Å². The van der Waals surface area contributed by atoms with Crippen molar-refractivity contribution in [3.05, 3.63) is 46.7 Å². The van der Waals surface area contributed by atoms with Crippen LogP contribution in [-0.4, -0.2) is 9.97 Å². The van der Waals surface area contributed by atoms with Gasteiger partial charge in [-0.05, 0) is 31.0 Å². The zero-order valence-corrected chi connectivity index (χ0v) is 9.42. The summed E-state index contributed by atoms with van der Waals surface area (Å²) in [5.74, 6) is 0.693. The molecule has 0 N–H and O–H groups in total. The molecule has 0 aliphatic carbocycles. The number of rotatable bonds is 1. The summed E-state index contributed by atoms with van der Waals surface area (Å²) in [6, 6.07) is 7.80. The maximum Gasteiger partial charge on any atom is 0.161 e. The molecule has 0 saturated heterocycles. The van der Waals surface area contributed by atoms with E-state index in [2.05, 4.69) is 9.97 Å². The van der Waals surface area contributed by atoms with Gasteiger partial charge in [-0.1, -0.05) is 29.8 Å². The highest BCUT2D eigenvalue weighted by molar-refractivity contribution is 6.29. The van der Waals surface area contributed by atoms with Crippen molar-refractivity contribution in [2.24, 2.45) is 0 Å². The van der Waals surface area contributed by atoms with E-state index in [1.54, 1.807) is 12.3 Å². The van der Waals surface area contributed by atoms with Crippen molar-refractivity contribution < 1.29 is 0 Å². The monoisotopic (exact) mass is 218 g/mol. The van der Waals surface area contributed by atoms with Gasteiger partial charge in [0.15, 0.2) is 5.82 Å². The van der Waals surface area contributed by atoms with Gasteiger partial charge in [0.1, 0.15) is 5.15 Å². The van der Waals surface area contributed by atoms with Crippen LogP contribution in [0.2, 0.25) is 5.15 Å². The molecule has 1 aromatic carbocycles. The predicted octanol–water partition coefficient (Wildman–Crippen LogP) is 3.41. The molecule has 0 spiro atoms. The summed E-state index contributed by atoms with van der Waals surface area (Å²) < 4.78 is 0. The topological polar surface area (TPSA) is 25.8 Å². The normalized spacial score (nSPS) is 10.3. The predicted molar refractivity (Wildman–Crippen MR) is 62.0 cm³/mol. The SMILES string of the molecule is Cc1cccc(C)c1-c1nccc(Cl)n1. The molecule has 3 heteroatoms. The largest absolute Gasteiger partial charge is 0.236 e. The van der Waals surface area contributed by atoms with Gasteiger partial charge in [0.05, 0.1) is 0 Å². The molecular formula is C12H11ClN2. The lowest BCUT2D eigenvalue weighted by Gasteiger charge is -2.07. The Morgan fingerprint density at radius 1 is 1.07 bits per heavy atom. The van der Waals surface area contributed by atoms with Crippen molar-refractivity contribution >= 4 is 11.6 Å². The first-order chi connectivity index (χ1) is 7.18. The third-order valence-electron chi connectivity index (χ3n) is 2.33. The van der Waals surface area contributed by atoms with Crippen LogP contribution < -0.4 is 0 Å². The molecule has 0 aliphatic heterocycles. The average Bonchev–Trinajstić information content (AvgIpc) is 2.17. The Balaban J connectivity index is 2.63. The fourth-order valence-corrected chi connectivity index (χ4v) is 1.76. The van der Waals surface area contributed by atoms with Crippen molar-refractivity contribution in [2.45, 2.75) is 13.8 Å². The lowest BCUT2D eigenvalue weighted by molar-refractivity contribution is 1.16. The number of aromatic nitrogens is 2. The Hall–Kier alpha value is -1.41. The molecule has 76 valence electrons. The summed E-state index contributed by atoms with van der Waals surface area (Å²) in [6.07, 6.45) is 1.68. The summed E-state index contributed by atoms with van der Waals surface area (Å²) in [5.41, 5.74) is 3.40. The molecule has 0 radical (unpaired) electrons. The van der Waals surface area contributed by atoms with Gasteiger partial charge in [0, 0.05) is 11.8 Å². The minimum absolute atomic E-state index is 0.475. The summed E-state index contributed by atoms with van der Waals surface area (Å²) >= 11 is 5.85. The minimum atomic E-state index is 0.475. The molecule has 0 aliphatic rings.